The van der Waals surface area contributed by atoms with Gasteiger partial charge in [-0.2, -0.15) is 4.73 Å². The van der Waals surface area contributed by atoms with E-state index in [2.05, 4.69) is 5.32 Å². The van der Waals surface area contributed by atoms with Crippen LogP contribution in [0.3, 0.4) is 0 Å². The molecule has 0 radical (unpaired) electrons. The molecule has 1 aromatic heterocycles. The van der Waals surface area contributed by atoms with Crippen LogP contribution in [0.5, 0.6) is 0 Å². The molecule has 0 spiro atoms. The number of aliphatic hydroxyl groups excluding tert-OH is 2. The Kier molecular flexibility index (Phi) is 5.29. The average Bonchev–Trinajstić information content (AvgIpc) is 2.33. The molecule has 0 aliphatic carbocycles. The Bertz CT molecular complexity index is 458. The van der Waals surface area contributed by atoms with Gasteiger partial charge >= 0.3 is 6.09 Å². The number of aromatic nitrogens is 1. The minimum atomic E-state index is -1.27. The van der Waals surface area contributed by atoms with Crippen LogP contribution in [-0.4, -0.2) is 34.6 Å². The van der Waals surface area contributed by atoms with Gasteiger partial charge < -0.3 is 25.5 Å². The molecular formula is C13H20N2O5. The quantitative estimate of drug-likeness (QED) is 0.542. The zero-order valence-corrected chi connectivity index (χ0v) is 11.7. The first kappa shape index (κ1) is 16.2. The number of pyridine rings is 1. The summed E-state index contributed by atoms with van der Waals surface area (Å²) < 4.78 is 5.52. The summed E-state index contributed by atoms with van der Waals surface area (Å²) in [4.78, 5) is 11.4. The molecule has 2 atom stereocenters. The number of nitrogens with zero attached hydrogens (tertiary/aromatic N) is 1. The molecular weight excluding hydrogens is 264 g/mol. The summed E-state index contributed by atoms with van der Waals surface area (Å²) in [5.74, 6) is 0. The third-order valence-corrected chi connectivity index (χ3v) is 2.36. The van der Waals surface area contributed by atoms with Gasteiger partial charge in [-0.05, 0) is 26.8 Å². The molecule has 1 rings (SSSR count). The van der Waals surface area contributed by atoms with Gasteiger partial charge in [0.15, 0.2) is 12.4 Å². The Morgan fingerprint density at radius 1 is 1.50 bits per heavy atom. The summed E-state index contributed by atoms with van der Waals surface area (Å²) in [6.07, 6.45) is -0.782. The van der Waals surface area contributed by atoms with Gasteiger partial charge in [0.1, 0.15) is 17.8 Å². The van der Waals surface area contributed by atoms with Gasteiger partial charge in [-0.3, -0.25) is 0 Å². The van der Waals surface area contributed by atoms with Crippen molar-refractivity contribution in [2.24, 2.45) is 0 Å². The van der Waals surface area contributed by atoms with Gasteiger partial charge in [-0.25, -0.2) is 4.79 Å². The van der Waals surface area contributed by atoms with E-state index >= 15 is 0 Å². The molecule has 1 amide bonds. The Labute approximate surface area is 117 Å². The summed E-state index contributed by atoms with van der Waals surface area (Å²) >= 11 is 0. The minimum Gasteiger partial charge on any atom is -0.619 e. The van der Waals surface area contributed by atoms with Crippen LogP contribution in [0.2, 0.25) is 0 Å². The first-order chi connectivity index (χ1) is 9.19. The van der Waals surface area contributed by atoms with Crippen molar-refractivity contribution in [1.82, 2.24) is 5.32 Å². The van der Waals surface area contributed by atoms with Gasteiger partial charge in [0, 0.05) is 18.2 Å². The fraction of sp³-hybridized carbons (Fsp3) is 0.538. The summed E-state index contributed by atoms with van der Waals surface area (Å²) in [6.45, 7) is 4.96. The Balaban J connectivity index is 2.50. The van der Waals surface area contributed by atoms with E-state index in [0.29, 0.717) is 4.73 Å². The maximum Gasteiger partial charge on any atom is 0.407 e. The van der Waals surface area contributed by atoms with Gasteiger partial charge in [0.2, 0.25) is 0 Å². The molecule has 0 fully saturated rings. The van der Waals surface area contributed by atoms with Crippen LogP contribution < -0.4 is 10.0 Å². The number of carbonyl (C=O) groups is 1. The highest BCUT2D eigenvalue weighted by Crippen LogP contribution is 2.14. The van der Waals surface area contributed by atoms with Gasteiger partial charge in [-0.15, -0.1) is 0 Å². The number of ether oxygens (including phenoxy) is 1. The van der Waals surface area contributed by atoms with E-state index in [1.165, 1.54) is 18.3 Å². The predicted molar refractivity (Wildman–Crippen MR) is 70.6 cm³/mol. The third kappa shape index (κ3) is 5.41. The van der Waals surface area contributed by atoms with E-state index < -0.39 is 23.9 Å². The second-order valence-corrected chi connectivity index (χ2v) is 5.39. The van der Waals surface area contributed by atoms with Crippen LogP contribution in [0.25, 0.3) is 0 Å². The molecule has 0 aliphatic heterocycles. The maximum atomic E-state index is 11.4. The molecule has 0 aromatic carbocycles. The second-order valence-electron chi connectivity index (χ2n) is 5.39. The van der Waals surface area contributed by atoms with Crippen LogP contribution in [0.15, 0.2) is 24.5 Å². The predicted octanol–water partition coefficient (Wildman–Crippen LogP) is 0.239. The van der Waals surface area contributed by atoms with Crippen molar-refractivity contribution in [3.05, 3.63) is 35.3 Å². The zero-order chi connectivity index (χ0) is 15.3. The zero-order valence-electron chi connectivity index (χ0n) is 11.7. The van der Waals surface area contributed by atoms with Gasteiger partial charge in [0.05, 0.1) is 0 Å². The highest BCUT2D eigenvalue weighted by molar-refractivity contribution is 5.67. The SMILES string of the molecule is CC(C)(C)OC(=O)NCC(O)C(O)c1ccc[n+]([O-])c1. The lowest BCUT2D eigenvalue weighted by Gasteiger charge is -2.22. The number of amides is 1. The Morgan fingerprint density at radius 3 is 2.70 bits per heavy atom. The van der Waals surface area contributed by atoms with Crippen LogP contribution in [0.4, 0.5) is 4.79 Å². The van der Waals surface area contributed by atoms with Gasteiger partial charge in [0.25, 0.3) is 0 Å². The number of nitrogens with one attached hydrogen (secondary N) is 1. The molecule has 0 aliphatic rings. The maximum absolute atomic E-state index is 11.4. The van der Waals surface area contributed by atoms with Crippen molar-refractivity contribution in [3.8, 4) is 0 Å². The molecule has 0 saturated carbocycles. The summed E-state index contributed by atoms with van der Waals surface area (Å²) in [5, 5.41) is 33.1. The Morgan fingerprint density at radius 2 is 2.15 bits per heavy atom. The summed E-state index contributed by atoms with van der Waals surface area (Å²) in [6, 6.07) is 2.97. The van der Waals surface area contributed by atoms with Crippen LogP contribution in [0, 0.1) is 5.21 Å². The van der Waals surface area contributed by atoms with Gasteiger partial charge in [-0.1, -0.05) is 0 Å². The summed E-state index contributed by atoms with van der Waals surface area (Å²) in [7, 11) is 0. The van der Waals surface area contributed by atoms with Crippen molar-refractivity contribution in [2.45, 2.75) is 38.6 Å². The third-order valence-electron chi connectivity index (χ3n) is 2.36. The van der Waals surface area contributed by atoms with Crippen molar-refractivity contribution in [3.63, 3.8) is 0 Å². The first-order valence-corrected chi connectivity index (χ1v) is 6.21. The van der Waals surface area contributed by atoms with E-state index in [0.717, 1.165) is 6.20 Å². The molecule has 7 heteroatoms. The smallest absolute Gasteiger partial charge is 0.407 e. The average molecular weight is 284 g/mol. The van der Waals surface area contributed by atoms with E-state index in [1.54, 1.807) is 20.8 Å². The number of aliphatic hydroxyl groups is 2. The van der Waals surface area contributed by atoms with E-state index in [-0.39, 0.29) is 12.1 Å². The molecule has 0 bridgehead atoms. The highest BCUT2D eigenvalue weighted by Gasteiger charge is 2.22. The summed E-state index contributed by atoms with van der Waals surface area (Å²) in [5.41, 5.74) is -0.373. The second kappa shape index (κ2) is 6.53. The number of hydrogen-bond donors (Lipinski definition) is 3. The normalized spacial score (nSPS) is 14.4. The van der Waals surface area contributed by atoms with Crippen molar-refractivity contribution in [1.29, 1.82) is 0 Å². The molecule has 2 unspecified atom stereocenters. The first-order valence-electron chi connectivity index (χ1n) is 6.21. The minimum absolute atomic E-state index is 0.191. The largest absolute Gasteiger partial charge is 0.619 e. The fourth-order valence-electron chi connectivity index (χ4n) is 1.48. The van der Waals surface area contributed by atoms with E-state index in [1.807, 2.05) is 0 Å². The lowest BCUT2D eigenvalue weighted by Crippen LogP contribution is -2.39. The van der Waals surface area contributed by atoms with Crippen molar-refractivity contribution < 1.29 is 24.5 Å². The molecule has 3 N–H and O–H groups in total. The van der Waals surface area contributed by atoms with Crippen LogP contribution >= 0.6 is 0 Å². The lowest BCUT2D eigenvalue weighted by molar-refractivity contribution is -0.606. The molecule has 7 nitrogen and oxygen atoms in total. The van der Waals surface area contributed by atoms with Crippen molar-refractivity contribution >= 4 is 6.09 Å². The topological polar surface area (TPSA) is 106 Å². The van der Waals surface area contributed by atoms with E-state index in [9.17, 15) is 20.2 Å². The standard InChI is InChI=1S/C13H20N2O5/c1-13(2,3)20-12(18)14-7-10(16)11(17)9-5-4-6-15(19)8-9/h4-6,8,10-11,16-17H,7H2,1-3H3,(H,14,18). The fourth-order valence-corrected chi connectivity index (χ4v) is 1.48. The lowest BCUT2D eigenvalue weighted by atomic mass is 10.1. The molecule has 112 valence electrons. The molecule has 20 heavy (non-hydrogen) atoms. The monoisotopic (exact) mass is 284 g/mol. The Hall–Kier alpha value is -1.86. The van der Waals surface area contributed by atoms with Crippen molar-refractivity contribution in [2.75, 3.05) is 6.54 Å². The number of alkyl carbamates (subject to hydrolysis) is 1. The number of hydrogen-bond acceptors (Lipinski definition) is 5. The molecule has 1 heterocycles. The number of carbonyl (C=O) groups excluding carboxylic acids is 1. The van der Waals surface area contributed by atoms with E-state index in [4.69, 9.17) is 4.74 Å². The molecule has 0 saturated heterocycles. The van der Waals surface area contributed by atoms with Crippen LogP contribution in [-0.2, 0) is 4.74 Å². The number of rotatable bonds is 4. The highest BCUT2D eigenvalue weighted by atomic mass is 16.6. The molecule has 1 aromatic rings. The van der Waals surface area contributed by atoms with Crippen LogP contribution in [0.1, 0.15) is 32.4 Å².